The van der Waals surface area contributed by atoms with Crippen LogP contribution in [-0.2, 0) is 0 Å². The van der Waals surface area contributed by atoms with Gasteiger partial charge >= 0.3 is 0 Å². The van der Waals surface area contributed by atoms with Gasteiger partial charge in [-0.25, -0.2) is 9.97 Å². The number of hydrogen-bond donors (Lipinski definition) is 0. The zero-order valence-corrected chi connectivity index (χ0v) is 14.1. The number of ether oxygens (including phenoxy) is 1. The molecule has 0 amide bonds. The zero-order chi connectivity index (χ0) is 14.3. The fourth-order valence-corrected chi connectivity index (χ4v) is 2.63. The van der Waals surface area contributed by atoms with Crippen molar-refractivity contribution in [2.75, 3.05) is 0 Å². The molecule has 3 aromatic rings. The summed E-state index contributed by atoms with van der Waals surface area (Å²) in [6.07, 6.45) is 5.41. The van der Waals surface area contributed by atoms with E-state index in [1.807, 2.05) is 42.8 Å². The van der Waals surface area contributed by atoms with E-state index in [4.69, 9.17) is 4.74 Å². The molecule has 0 aliphatic heterocycles. The number of aromatic nitrogens is 3. The lowest BCUT2D eigenvalue weighted by Crippen LogP contribution is -1.95. The second kappa shape index (κ2) is 5.18. The van der Waals surface area contributed by atoms with Crippen LogP contribution in [0.25, 0.3) is 5.65 Å². The number of hydrogen-bond acceptors (Lipinski definition) is 3. The van der Waals surface area contributed by atoms with Crippen LogP contribution in [0.2, 0.25) is 0 Å². The monoisotopic (exact) mass is 395 g/mol. The maximum atomic E-state index is 5.90. The van der Waals surface area contributed by atoms with Gasteiger partial charge in [0.15, 0.2) is 0 Å². The van der Waals surface area contributed by atoms with Crippen molar-refractivity contribution in [3.63, 3.8) is 0 Å². The van der Waals surface area contributed by atoms with Crippen molar-refractivity contribution >= 4 is 37.5 Å². The van der Waals surface area contributed by atoms with Gasteiger partial charge < -0.3 is 4.74 Å². The Bertz CT molecular complexity index is 775. The quantitative estimate of drug-likeness (QED) is 0.632. The molecular formula is C14H11Br2N3O. The Labute approximate surface area is 133 Å². The van der Waals surface area contributed by atoms with Gasteiger partial charge in [0.2, 0.25) is 5.65 Å². The van der Waals surface area contributed by atoms with Gasteiger partial charge in [0.05, 0.1) is 0 Å². The van der Waals surface area contributed by atoms with Crippen LogP contribution in [0.4, 0.5) is 0 Å². The molecule has 0 aliphatic carbocycles. The third kappa shape index (κ3) is 2.45. The highest BCUT2D eigenvalue weighted by Crippen LogP contribution is 2.30. The third-order valence-corrected chi connectivity index (χ3v) is 4.57. The van der Waals surface area contributed by atoms with Gasteiger partial charge in [-0.1, -0.05) is 15.9 Å². The summed E-state index contributed by atoms with van der Waals surface area (Å²) >= 11 is 6.92. The van der Waals surface area contributed by atoms with Gasteiger partial charge in [0.25, 0.3) is 5.88 Å². The molecule has 0 N–H and O–H groups in total. The first-order chi connectivity index (χ1) is 9.54. The predicted octanol–water partition coefficient (Wildman–Crippen LogP) is 4.66. The van der Waals surface area contributed by atoms with Crippen molar-refractivity contribution in [3.8, 4) is 11.6 Å². The molecule has 0 radical (unpaired) electrons. The van der Waals surface area contributed by atoms with Crippen molar-refractivity contribution < 1.29 is 4.74 Å². The second-order valence-electron chi connectivity index (χ2n) is 4.50. The van der Waals surface area contributed by atoms with Crippen molar-refractivity contribution in [1.29, 1.82) is 0 Å². The SMILES string of the molecule is Cc1cc(Oc2nc(Br)cn3ccnc23)cc(C)c1Br. The lowest BCUT2D eigenvalue weighted by Gasteiger charge is -2.10. The Balaban J connectivity index is 2.07. The Hall–Kier alpha value is -1.40. The van der Waals surface area contributed by atoms with E-state index in [2.05, 4.69) is 41.8 Å². The summed E-state index contributed by atoms with van der Waals surface area (Å²) in [7, 11) is 0. The van der Waals surface area contributed by atoms with Gasteiger partial charge in [-0.05, 0) is 53.0 Å². The topological polar surface area (TPSA) is 39.4 Å². The van der Waals surface area contributed by atoms with Crippen molar-refractivity contribution in [3.05, 3.63) is 50.9 Å². The molecule has 0 atom stereocenters. The van der Waals surface area contributed by atoms with Crippen molar-refractivity contribution in [1.82, 2.24) is 14.4 Å². The van der Waals surface area contributed by atoms with Crippen molar-refractivity contribution in [2.24, 2.45) is 0 Å². The van der Waals surface area contributed by atoms with E-state index >= 15 is 0 Å². The van der Waals surface area contributed by atoms with Gasteiger partial charge in [-0.3, -0.25) is 4.40 Å². The van der Waals surface area contributed by atoms with Gasteiger partial charge in [-0.15, -0.1) is 0 Å². The molecule has 0 bridgehead atoms. The molecule has 6 heteroatoms. The standard InChI is InChI=1S/C14H11Br2N3O/c1-8-5-10(6-9(2)12(8)16)20-14-13-17-3-4-19(13)7-11(15)18-14/h3-7H,1-2H3. The van der Waals surface area contributed by atoms with E-state index in [1.165, 1.54) is 0 Å². The molecule has 3 rings (SSSR count). The number of benzene rings is 1. The third-order valence-electron chi connectivity index (χ3n) is 2.94. The van der Waals surface area contributed by atoms with E-state index in [1.54, 1.807) is 6.20 Å². The number of fused-ring (bicyclic) bond motifs is 1. The molecule has 20 heavy (non-hydrogen) atoms. The molecule has 102 valence electrons. The molecule has 4 nitrogen and oxygen atoms in total. The summed E-state index contributed by atoms with van der Waals surface area (Å²) in [6.45, 7) is 4.06. The summed E-state index contributed by atoms with van der Waals surface area (Å²) in [5.74, 6) is 1.23. The summed E-state index contributed by atoms with van der Waals surface area (Å²) in [4.78, 5) is 8.61. The molecule has 0 saturated heterocycles. The molecule has 0 saturated carbocycles. The molecule has 2 heterocycles. The number of halogens is 2. The fourth-order valence-electron chi connectivity index (χ4n) is 2.02. The summed E-state index contributed by atoms with van der Waals surface area (Å²) < 4.78 is 9.56. The maximum Gasteiger partial charge on any atom is 0.264 e. The van der Waals surface area contributed by atoms with Gasteiger partial charge in [0.1, 0.15) is 10.4 Å². The molecule has 0 aliphatic rings. The summed E-state index contributed by atoms with van der Waals surface area (Å²) in [5, 5.41) is 0. The molecular weight excluding hydrogens is 386 g/mol. The largest absolute Gasteiger partial charge is 0.436 e. The van der Waals surface area contributed by atoms with Crippen LogP contribution in [0.15, 0.2) is 39.8 Å². The van der Waals surface area contributed by atoms with Crippen LogP contribution in [0.5, 0.6) is 11.6 Å². The maximum absolute atomic E-state index is 5.90. The predicted molar refractivity (Wildman–Crippen MR) is 84.4 cm³/mol. The van der Waals surface area contributed by atoms with Gasteiger partial charge in [0, 0.05) is 23.1 Å². The number of nitrogens with zero attached hydrogens (tertiary/aromatic N) is 3. The Morgan fingerprint density at radius 2 is 1.85 bits per heavy atom. The van der Waals surface area contributed by atoms with Crippen LogP contribution in [0.1, 0.15) is 11.1 Å². The van der Waals surface area contributed by atoms with Crippen LogP contribution >= 0.6 is 31.9 Å². The molecule has 1 aromatic carbocycles. The highest BCUT2D eigenvalue weighted by molar-refractivity contribution is 9.10. The fraction of sp³-hybridized carbons (Fsp3) is 0.143. The minimum absolute atomic E-state index is 0.477. The van der Waals surface area contributed by atoms with Crippen LogP contribution < -0.4 is 4.74 Å². The van der Waals surface area contributed by atoms with E-state index in [-0.39, 0.29) is 0 Å². The van der Waals surface area contributed by atoms with E-state index in [0.29, 0.717) is 16.1 Å². The smallest absolute Gasteiger partial charge is 0.264 e. The van der Waals surface area contributed by atoms with Crippen LogP contribution in [0, 0.1) is 13.8 Å². The highest BCUT2D eigenvalue weighted by Gasteiger charge is 2.10. The first kappa shape index (κ1) is 13.6. The molecule has 0 spiro atoms. The minimum Gasteiger partial charge on any atom is -0.436 e. The normalized spacial score (nSPS) is 11.0. The number of rotatable bonds is 2. The molecule has 0 fully saturated rings. The van der Waals surface area contributed by atoms with E-state index < -0.39 is 0 Å². The Morgan fingerprint density at radius 1 is 1.15 bits per heavy atom. The average molecular weight is 397 g/mol. The van der Waals surface area contributed by atoms with Crippen LogP contribution in [-0.4, -0.2) is 14.4 Å². The second-order valence-corrected chi connectivity index (χ2v) is 6.11. The zero-order valence-electron chi connectivity index (χ0n) is 10.9. The Morgan fingerprint density at radius 3 is 2.55 bits per heavy atom. The summed E-state index contributed by atoms with van der Waals surface area (Å²) in [6, 6.07) is 3.94. The first-order valence-corrected chi connectivity index (χ1v) is 7.57. The average Bonchev–Trinajstić information content (AvgIpc) is 2.84. The van der Waals surface area contributed by atoms with E-state index in [0.717, 1.165) is 21.3 Å². The lowest BCUT2D eigenvalue weighted by atomic mass is 10.1. The Kier molecular flexibility index (Phi) is 3.52. The first-order valence-electron chi connectivity index (χ1n) is 5.98. The van der Waals surface area contributed by atoms with Gasteiger partial charge in [-0.2, -0.15) is 0 Å². The van der Waals surface area contributed by atoms with Crippen LogP contribution in [0.3, 0.4) is 0 Å². The number of aryl methyl sites for hydroxylation is 2. The molecule has 0 unspecified atom stereocenters. The minimum atomic E-state index is 0.477. The molecule has 2 aromatic heterocycles. The lowest BCUT2D eigenvalue weighted by molar-refractivity contribution is 0.463. The van der Waals surface area contributed by atoms with E-state index in [9.17, 15) is 0 Å². The summed E-state index contributed by atoms with van der Waals surface area (Å²) in [5.41, 5.74) is 2.93. The van der Waals surface area contributed by atoms with Crippen molar-refractivity contribution in [2.45, 2.75) is 13.8 Å². The highest BCUT2D eigenvalue weighted by atomic mass is 79.9. The number of imidazole rings is 1.